The maximum absolute atomic E-state index is 11.7. The fourth-order valence-corrected chi connectivity index (χ4v) is 1.83. The summed E-state index contributed by atoms with van der Waals surface area (Å²) in [5.41, 5.74) is 0.857. The topological polar surface area (TPSA) is 17.1 Å². The second kappa shape index (κ2) is 8.09. The van der Waals surface area contributed by atoms with Gasteiger partial charge in [-0.3, -0.25) is 4.79 Å². The molecule has 0 amide bonds. The molecule has 0 aliphatic rings. The molecule has 0 bridgehead atoms. The molecule has 1 heteroatoms. The number of carbonyl (C=O) groups excluding carboxylic acids is 1. The Bertz CT molecular complexity index is 290. The van der Waals surface area contributed by atoms with Gasteiger partial charge >= 0.3 is 0 Å². The Labute approximate surface area is 98.9 Å². The van der Waals surface area contributed by atoms with Crippen molar-refractivity contribution in [2.24, 2.45) is 0 Å². The number of benzene rings is 1. The van der Waals surface area contributed by atoms with Crippen molar-refractivity contribution >= 4 is 5.78 Å². The standard InChI is InChI=1S/C15H22O/c1-2-3-4-5-6-10-13-15(16)14-11-8-7-9-12-14/h7-9,11-12H,2-6,10,13H2,1H3. The zero-order chi connectivity index (χ0) is 11.6. The number of carbonyl (C=O) groups is 1. The third kappa shape index (κ3) is 5.11. The van der Waals surface area contributed by atoms with Gasteiger partial charge in [0.05, 0.1) is 0 Å². The summed E-state index contributed by atoms with van der Waals surface area (Å²) in [4.78, 5) is 11.7. The van der Waals surface area contributed by atoms with Gasteiger partial charge in [0.15, 0.2) is 5.78 Å². The first-order valence-corrected chi connectivity index (χ1v) is 6.43. The quantitative estimate of drug-likeness (QED) is 0.459. The van der Waals surface area contributed by atoms with Crippen LogP contribution in [0.2, 0.25) is 0 Å². The van der Waals surface area contributed by atoms with E-state index in [2.05, 4.69) is 6.92 Å². The lowest BCUT2D eigenvalue weighted by Gasteiger charge is -2.01. The normalized spacial score (nSPS) is 10.3. The molecular weight excluding hydrogens is 196 g/mol. The van der Waals surface area contributed by atoms with Crippen LogP contribution in [0.1, 0.15) is 62.2 Å². The number of rotatable bonds is 8. The minimum absolute atomic E-state index is 0.288. The van der Waals surface area contributed by atoms with Crippen LogP contribution in [0, 0.1) is 0 Å². The summed E-state index contributed by atoms with van der Waals surface area (Å²) >= 11 is 0. The average molecular weight is 218 g/mol. The van der Waals surface area contributed by atoms with Crippen LogP contribution in [0.25, 0.3) is 0 Å². The molecule has 0 saturated heterocycles. The van der Waals surface area contributed by atoms with E-state index in [0.717, 1.165) is 12.0 Å². The van der Waals surface area contributed by atoms with Gasteiger partial charge in [0.25, 0.3) is 0 Å². The fraction of sp³-hybridized carbons (Fsp3) is 0.533. The van der Waals surface area contributed by atoms with E-state index in [-0.39, 0.29) is 5.78 Å². The van der Waals surface area contributed by atoms with Crippen LogP contribution < -0.4 is 0 Å². The zero-order valence-electron chi connectivity index (χ0n) is 10.2. The lowest BCUT2D eigenvalue weighted by atomic mass is 10.0. The second-order valence-electron chi connectivity index (χ2n) is 4.31. The predicted molar refractivity (Wildman–Crippen MR) is 68.8 cm³/mol. The van der Waals surface area contributed by atoms with Crippen molar-refractivity contribution in [2.45, 2.75) is 51.9 Å². The monoisotopic (exact) mass is 218 g/mol. The van der Waals surface area contributed by atoms with Gasteiger partial charge in [0, 0.05) is 12.0 Å². The van der Waals surface area contributed by atoms with Crippen molar-refractivity contribution < 1.29 is 4.79 Å². The third-order valence-corrected chi connectivity index (χ3v) is 2.85. The van der Waals surface area contributed by atoms with Gasteiger partial charge < -0.3 is 0 Å². The minimum Gasteiger partial charge on any atom is -0.294 e. The van der Waals surface area contributed by atoms with Gasteiger partial charge in [0.2, 0.25) is 0 Å². The van der Waals surface area contributed by atoms with Gasteiger partial charge in [-0.25, -0.2) is 0 Å². The van der Waals surface area contributed by atoms with Crippen molar-refractivity contribution in [2.75, 3.05) is 0 Å². The summed E-state index contributed by atoms with van der Waals surface area (Å²) in [6.45, 7) is 2.22. The van der Waals surface area contributed by atoms with E-state index in [1.54, 1.807) is 0 Å². The second-order valence-corrected chi connectivity index (χ2v) is 4.31. The van der Waals surface area contributed by atoms with Crippen molar-refractivity contribution in [3.05, 3.63) is 35.9 Å². The first-order chi connectivity index (χ1) is 7.84. The third-order valence-electron chi connectivity index (χ3n) is 2.85. The molecule has 1 aromatic rings. The van der Waals surface area contributed by atoms with Crippen LogP contribution in [0.5, 0.6) is 0 Å². The smallest absolute Gasteiger partial charge is 0.162 e. The molecule has 0 N–H and O–H groups in total. The van der Waals surface area contributed by atoms with E-state index in [1.807, 2.05) is 30.3 Å². The molecule has 0 unspecified atom stereocenters. The highest BCUT2D eigenvalue weighted by atomic mass is 16.1. The zero-order valence-corrected chi connectivity index (χ0v) is 10.2. The molecule has 1 rings (SSSR count). The van der Waals surface area contributed by atoms with Gasteiger partial charge in [-0.2, -0.15) is 0 Å². The van der Waals surface area contributed by atoms with Crippen LogP contribution in [0.15, 0.2) is 30.3 Å². The molecule has 0 radical (unpaired) electrons. The van der Waals surface area contributed by atoms with E-state index in [9.17, 15) is 4.79 Å². The van der Waals surface area contributed by atoms with E-state index in [1.165, 1.54) is 32.1 Å². The fourth-order valence-electron chi connectivity index (χ4n) is 1.83. The van der Waals surface area contributed by atoms with E-state index in [4.69, 9.17) is 0 Å². The first kappa shape index (κ1) is 13.0. The van der Waals surface area contributed by atoms with E-state index in [0.29, 0.717) is 6.42 Å². The van der Waals surface area contributed by atoms with Crippen LogP contribution in [-0.4, -0.2) is 5.78 Å². The molecule has 16 heavy (non-hydrogen) atoms. The maximum Gasteiger partial charge on any atom is 0.162 e. The maximum atomic E-state index is 11.7. The highest BCUT2D eigenvalue weighted by Gasteiger charge is 2.03. The average Bonchev–Trinajstić information content (AvgIpc) is 2.34. The van der Waals surface area contributed by atoms with E-state index < -0.39 is 0 Å². The largest absolute Gasteiger partial charge is 0.294 e. The molecule has 0 saturated carbocycles. The van der Waals surface area contributed by atoms with Gasteiger partial charge in [-0.05, 0) is 6.42 Å². The number of hydrogen-bond donors (Lipinski definition) is 0. The summed E-state index contributed by atoms with van der Waals surface area (Å²) in [6.07, 6.45) is 8.13. The molecule has 1 nitrogen and oxygen atoms in total. The molecule has 88 valence electrons. The van der Waals surface area contributed by atoms with Crippen LogP contribution in [0.3, 0.4) is 0 Å². The van der Waals surface area contributed by atoms with Crippen LogP contribution >= 0.6 is 0 Å². The highest BCUT2D eigenvalue weighted by molar-refractivity contribution is 5.95. The molecule has 0 heterocycles. The molecule has 0 fully saturated rings. The van der Waals surface area contributed by atoms with Crippen molar-refractivity contribution in [3.8, 4) is 0 Å². The Morgan fingerprint density at radius 2 is 1.56 bits per heavy atom. The number of Topliss-reactive ketones (excluding diaryl/α,β-unsaturated/α-hetero) is 1. The molecule has 0 aromatic heterocycles. The van der Waals surface area contributed by atoms with Gasteiger partial charge in [0.1, 0.15) is 0 Å². The Hall–Kier alpha value is -1.11. The first-order valence-electron chi connectivity index (χ1n) is 6.43. The summed E-state index contributed by atoms with van der Waals surface area (Å²) < 4.78 is 0. The molecule has 1 aromatic carbocycles. The minimum atomic E-state index is 0.288. The van der Waals surface area contributed by atoms with Crippen LogP contribution in [-0.2, 0) is 0 Å². The summed E-state index contributed by atoms with van der Waals surface area (Å²) in [5, 5.41) is 0. The lowest BCUT2D eigenvalue weighted by Crippen LogP contribution is -1.98. The van der Waals surface area contributed by atoms with Crippen LogP contribution in [0.4, 0.5) is 0 Å². The Morgan fingerprint density at radius 3 is 2.25 bits per heavy atom. The van der Waals surface area contributed by atoms with Crippen molar-refractivity contribution in [3.63, 3.8) is 0 Å². The summed E-state index contributed by atoms with van der Waals surface area (Å²) in [7, 11) is 0. The molecule has 0 atom stereocenters. The Balaban J connectivity index is 2.12. The van der Waals surface area contributed by atoms with E-state index >= 15 is 0 Å². The number of unbranched alkanes of at least 4 members (excludes halogenated alkanes) is 5. The molecular formula is C15H22O. The van der Waals surface area contributed by atoms with Gasteiger partial charge in [-0.1, -0.05) is 69.4 Å². The Kier molecular flexibility index (Phi) is 6.55. The molecule has 0 aliphatic heterocycles. The van der Waals surface area contributed by atoms with Crippen molar-refractivity contribution in [1.29, 1.82) is 0 Å². The molecule has 0 spiro atoms. The highest BCUT2D eigenvalue weighted by Crippen LogP contribution is 2.10. The Morgan fingerprint density at radius 1 is 0.938 bits per heavy atom. The summed E-state index contributed by atoms with van der Waals surface area (Å²) in [5.74, 6) is 0.288. The SMILES string of the molecule is CCCCCCCCC(=O)c1ccccc1. The number of ketones is 1. The lowest BCUT2D eigenvalue weighted by molar-refractivity contribution is 0.0979. The number of hydrogen-bond acceptors (Lipinski definition) is 1. The predicted octanol–water partition coefficient (Wildman–Crippen LogP) is 4.62. The molecule has 0 aliphatic carbocycles. The van der Waals surface area contributed by atoms with Gasteiger partial charge in [-0.15, -0.1) is 0 Å². The summed E-state index contributed by atoms with van der Waals surface area (Å²) in [6, 6.07) is 9.60. The van der Waals surface area contributed by atoms with Crippen molar-refractivity contribution in [1.82, 2.24) is 0 Å².